The Morgan fingerprint density at radius 2 is 1.57 bits per heavy atom. The molecule has 0 aromatic heterocycles. The third-order valence-corrected chi connectivity index (χ3v) is 4.54. The second kappa shape index (κ2) is 11.1. The van der Waals surface area contributed by atoms with Crippen LogP contribution in [0.15, 0.2) is 78.9 Å². The van der Waals surface area contributed by atoms with Gasteiger partial charge in [-0.05, 0) is 60.7 Å². The molecule has 0 heterocycles. The molecule has 0 spiro atoms. The minimum atomic E-state index is -0.189. The largest absolute Gasteiger partial charge is 0.494 e. The summed E-state index contributed by atoms with van der Waals surface area (Å²) >= 11 is 0. The van der Waals surface area contributed by atoms with E-state index in [0.29, 0.717) is 30.4 Å². The fourth-order valence-corrected chi connectivity index (χ4v) is 2.98. The number of carbonyl (C=O) groups excluding carboxylic acids is 1. The summed E-state index contributed by atoms with van der Waals surface area (Å²) in [4.78, 5) is 12.7. The number of aryl methyl sites for hydroxylation is 1. The molecular weight excluding hydrogens is 374 g/mol. The smallest absolute Gasteiger partial charge is 0.259 e. The predicted molar refractivity (Wildman–Crippen MR) is 121 cm³/mol. The monoisotopic (exact) mass is 403 g/mol. The summed E-state index contributed by atoms with van der Waals surface area (Å²) in [6, 6.07) is 25.1. The first-order valence-corrected chi connectivity index (χ1v) is 10.4. The van der Waals surface area contributed by atoms with Gasteiger partial charge in [-0.3, -0.25) is 4.79 Å². The van der Waals surface area contributed by atoms with E-state index in [1.807, 2.05) is 48.5 Å². The Bertz CT molecular complexity index is 921. The van der Waals surface area contributed by atoms with E-state index < -0.39 is 0 Å². The van der Waals surface area contributed by atoms with Gasteiger partial charge in [0.25, 0.3) is 5.91 Å². The molecule has 3 aromatic rings. The number of rotatable bonds is 10. The molecule has 0 unspecified atom stereocenters. The highest BCUT2D eigenvalue weighted by Crippen LogP contribution is 2.22. The lowest BCUT2D eigenvalue weighted by Gasteiger charge is -2.13. The molecular formula is C26H29NO3. The molecule has 0 bridgehead atoms. The highest BCUT2D eigenvalue weighted by Gasteiger charge is 2.13. The molecule has 0 aliphatic rings. The number of ether oxygens (including phenoxy) is 2. The number of hydrogen-bond acceptors (Lipinski definition) is 3. The Kier molecular flexibility index (Phi) is 7.90. The molecule has 30 heavy (non-hydrogen) atoms. The van der Waals surface area contributed by atoms with Crippen molar-refractivity contribution >= 4 is 11.6 Å². The van der Waals surface area contributed by atoms with Crippen LogP contribution in [0.3, 0.4) is 0 Å². The van der Waals surface area contributed by atoms with E-state index in [9.17, 15) is 4.79 Å². The Balaban J connectivity index is 1.50. The van der Waals surface area contributed by atoms with Gasteiger partial charge in [0.15, 0.2) is 0 Å². The van der Waals surface area contributed by atoms with Crippen LogP contribution in [-0.4, -0.2) is 19.1 Å². The van der Waals surface area contributed by atoms with Gasteiger partial charge in [0, 0.05) is 5.69 Å². The van der Waals surface area contributed by atoms with Crippen molar-refractivity contribution in [2.45, 2.75) is 26.7 Å². The maximum Gasteiger partial charge on any atom is 0.259 e. The predicted octanol–water partition coefficient (Wildman–Crippen LogP) is 5.99. The topological polar surface area (TPSA) is 47.6 Å². The lowest BCUT2D eigenvalue weighted by Crippen LogP contribution is -2.15. The molecule has 0 atom stereocenters. The molecule has 0 radical (unpaired) electrons. The van der Waals surface area contributed by atoms with Gasteiger partial charge in [-0.1, -0.05) is 56.3 Å². The van der Waals surface area contributed by atoms with E-state index in [0.717, 1.165) is 24.3 Å². The second-order valence-electron chi connectivity index (χ2n) is 7.62. The van der Waals surface area contributed by atoms with E-state index >= 15 is 0 Å². The van der Waals surface area contributed by atoms with Gasteiger partial charge in [-0.2, -0.15) is 0 Å². The zero-order valence-corrected chi connectivity index (χ0v) is 17.6. The van der Waals surface area contributed by atoms with Gasteiger partial charge < -0.3 is 14.8 Å². The standard InChI is InChI=1S/C26H29NO3/c1-20(2)19-30-25-13-7-6-12-24(25)26(28)27-22-14-16-23(17-15-22)29-18-8-11-21-9-4-3-5-10-21/h3-7,9-10,12-17,20H,8,11,18-19H2,1-2H3,(H,27,28). The molecule has 0 saturated carbocycles. The van der Waals surface area contributed by atoms with Crippen LogP contribution in [-0.2, 0) is 6.42 Å². The van der Waals surface area contributed by atoms with Gasteiger partial charge in [0.1, 0.15) is 11.5 Å². The van der Waals surface area contributed by atoms with Gasteiger partial charge >= 0.3 is 0 Å². The molecule has 1 amide bonds. The number of nitrogens with one attached hydrogen (secondary N) is 1. The minimum absolute atomic E-state index is 0.189. The summed E-state index contributed by atoms with van der Waals surface area (Å²) in [6.45, 7) is 5.38. The molecule has 4 nitrogen and oxygen atoms in total. The highest BCUT2D eigenvalue weighted by atomic mass is 16.5. The van der Waals surface area contributed by atoms with Crippen molar-refractivity contribution < 1.29 is 14.3 Å². The van der Waals surface area contributed by atoms with E-state index in [2.05, 4.69) is 43.4 Å². The Morgan fingerprint density at radius 1 is 0.867 bits per heavy atom. The van der Waals surface area contributed by atoms with Crippen molar-refractivity contribution in [3.05, 3.63) is 90.0 Å². The number of carbonyl (C=O) groups is 1. The van der Waals surface area contributed by atoms with Crippen molar-refractivity contribution in [2.75, 3.05) is 18.5 Å². The Hall–Kier alpha value is -3.27. The van der Waals surface area contributed by atoms with Crippen molar-refractivity contribution in [1.29, 1.82) is 0 Å². The number of hydrogen-bond donors (Lipinski definition) is 1. The molecule has 3 aromatic carbocycles. The molecule has 0 aliphatic carbocycles. The van der Waals surface area contributed by atoms with E-state index in [1.54, 1.807) is 6.07 Å². The summed E-state index contributed by atoms with van der Waals surface area (Å²) in [5.41, 5.74) is 2.56. The van der Waals surface area contributed by atoms with Gasteiger partial charge in [-0.25, -0.2) is 0 Å². The van der Waals surface area contributed by atoms with E-state index in [1.165, 1.54) is 5.56 Å². The zero-order valence-electron chi connectivity index (χ0n) is 17.6. The van der Waals surface area contributed by atoms with E-state index in [4.69, 9.17) is 9.47 Å². The maximum atomic E-state index is 12.7. The van der Waals surface area contributed by atoms with Crippen LogP contribution in [0.2, 0.25) is 0 Å². The fourth-order valence-electron chi connectivity index (χ4n) is 2.98. The van der Waals surface area contributed by atoms with Crippen LogP contribution in [0.4, 0.5) is 5.69 Å². The lowest BCUT2D eigenvalue weighted by atomic mass is 10.1. The molecule has 0 saturated heterocycles. The lowest BCUT2D eigenvalue weighted by molar-refractivity contribution is 0.102. The number of anilines is 1. The Labute approximate surface area is 178 Å². The second-order valence-corrected chi connectivity index (χ2v) is 7.62. The molecule has 156 valence electrons. The summed E-state index contributed by atoms with van der Waals surface area (Å²) in [6.07, 6.45) is 1.95. The molecule has 1 N–H and O–H groups in total. The van der Waals surface area contributed by atoms with Crippen LogP contribution in [0.5, 0.6) is 11.5 Å². The third-order valence-electron chi connectivity index (χ3n) is 4.54. The quantitative estimate of drug-likeness (QED) is 0.423. The van der Waals surface area contributed by atoms with Crippen molar-refractivity contribution in [3.8, 4) is 11.5 Å². The van der Waals surface area contributed by atoms with Gasteiger partial charge in [0.2, 0.25) is 0 Å². The number of amides is 1. The number of para-hydroxylation sites is 1. The summed E-state index contributed by atoms with van der Waals surface area (Å²) < 4.78 is 11.6. The van der Waals surface area contributed by atoms with Crippen molar-refractivity contribution in [3.63, 3.8) is 0 Å². The first kappa shape index (κ1) is 21.4. The SMILES string of the molecule is CC(C)COc1ccccc1C(=O)Nc1ccc(OCCCc2ccccc2)cc1. The van der Waals surface area contributed by atoms with Crippen LogP contribution in [0.25, 0.3) is 0 Å². The fraction of sp³-hybridized carbons (Fsp3) is 0.269. The number of benzene rings is 3. The first-order valence-electron chi connectivity index (χ1n) is 10.4. The average Bonchev–Trinajstić information content (AvgIpc) is 2.77. The Morgan fingerprint density at radius 3 is 2.30 bits per heavy atom. The minimum Gasteiger partial charge on any atom is -0.494 e. The molecule has 3 rings (SSSR count). The molecule has 4 heteroatoms. The maximum absolute atomic E-state index is 12.7. The van der Waals surface area contributed by atoms with Crippen LogP contribution >= 0.6 is 0 Å². The van der Waals surface area contributed by atoms with Crippen LogP contribution in [0, 0.1) is 5.92 Å². The molecule has 0 aliphatic heterocycles. The highest BCUT2D eigenvalue weighted by molar-refractivity contribution is 6.06. The van der Waals surface area contributed by atoms with E-state index in [-0.39, 0.29) is 5.91 Å². The zero-order chi connectivity index (χ0) is 21.2. The summed E-state index contributed by atoms with van der Waals surface area (Å²) in [5.74, 6) is 1.59. The average molecular weight is 404 g/mol. The third kappa shape index (κ3) is 6.66. The first-order chi connectivity index (χ1) is 14.6. The van der Waals surface area contributed by atoms with Crippen LogP contribution < -0.4 is 14.8 Å². The normalized spacial score (nSPS) is 10.6. The van der Waals surface area contributed by atoms with Crippen molar-refractivity contribution in [2.24, 2.45) is 5.92 Å². The van der Waals surface area contributed by atoms with Crippen molar-refractivity contribution in [1.82, 2.24) is 0 Å². The van der Waals surface area contributed by atoms with Crippen LogP contribution in [0.1, 0.15) is 36.2 Å². The van der Waals surface area contributed by atoms with Gasteiger partial charge in [0.05, 0.1) is 18.8 Å². The summed E-state index contributed by atoms with van der Waals surface area (Å²) in [5, 5.41) is 2.93. The molecule has 0 fully saturated rings. The van der Waals surface area contributed by atoms with Gasteiger partial charge in [-0.15, -0.1) is 0 Å². The summed E-state index contributed by atoms with van der Waals surface area (Å²) in [7, 11) is 0.